The van der Waals surface area contributed by atoms with Crippen molar-refractivity contribution in [3.8, 4) is 11.5 Å². The molecular formula is C14H17N3O3. The smallest absolute Gasteiger partial charge is 0.163 e. The number of nitrogens with zero attached hydrogens (tertiary/aromatic N) is 1. The lowest BCUT2D eigenvalue weighted by Gasteiger charge is -2.17. The van der Waals surface area contributed by atoms with Crippen molar-refractivity contribution < 1.29 is 14.2 Å². The molecule has 0 aliphatic carbocycles. The SMILES string of the molecule is NC1(c2nc3cc4c(cc3[nH]2)OCCCO4)CCOC1. The number of rotatable bonds is 1. The molecule has 0 spiro atoms. The minimum Gasteiger partial charge on any atom is -0.489 e. The van der Waals surface area contributed by atoms with Gasteiger partial charge in [-0.15, -0.1) is 0 Å². The van der Waals surface area contributed by atoms with Gasteiger partial charge in [0.2, 0.25) is 0 Å². The summed E-state index contributed by atoms with van der Waals surface area (Å²) in [6.07, 6.45) is 1.67. The molecule has 1 fully saturated rings. The molecule has 4 rings (SSSR count). The third kappa shape index (κ3) is 1.83. The topological polar surface area (TPSA) is 82.4 Å². The number of benzene rings is 1. The molecule has 1 saturated heterocycles. The molecule has 2 aliphatic rings. The van der Waals surface area contributed by atoms with Crippen molar-refractivity contribution in [2.24, 2.45) is 5.73 Å². The standard InChI is InChI=1S/C14H17N3O3/c15-14(2-5-18-8-14)13-16-9-6-11-12(7-10(9)17-13)20-4-1-3-19-11/h6-7H,1-5,8,15H2,(H,16,17). The Bertz CT molecular complexity index is 603. The third-order valence-electron chi connectivity index (χ3n) is 3.87. The number of hydrogen-bond donors (Lipinski definition) is 2. The van der Waals surface area contributed by atoms with E-state index in [1.807, 2.05) is 12.1 Å². The molecule has 3 heterocycles. The molecule has 1 aromatic heterocycles. The van der Waals surface area contributed by atoms with Crippen LogP contribution in [0.25, 0.3) is 11.0 Å². The summed E-state index contributed by atoms with van der Waals surface area (Å²) < 4.78 is 16.8. The van der Waals surface area contributed by atoms with Gasteiger partial charge in [-0.3, -0.25) is 0 Å². The van der Waals surface area contributed by atoms with Gasteiger partial charge < -0.3 is 24.9 Å². The van der Waals surface area contributed by atoms with Crippen LogP contribution in [0.5, 0.6) is 11.5 Å². The highest BCUT2D eigenvalue weighted by molar-refractivity contribution is 5.80. The first kappa shape index (κ1) is 12.0. The van der Waals surface area contributed by atoms with Crippen molar-refractivity contribution in [2.45, 2.75) is 18.4 Å². The summed E-state index contributed by atoms with van der Waals surface area (Å²) in [6.45, 7) is 2.52. The van der Waals surface area contributed by atoms with Crippen LogP contribution in [0.4, 0.5) is 0 Å². The first-order valence-electron chi connectivity index (χ1n) is 6.91. The average Bonchev–Trinajstić information content (AvgIpc) is 2.98. The molecule has 0 saturated carbocycles. The van der Waals surface area contributed by atoms with Gasteiger partial charge in [-0.2, -0.15) is 0 Å². The lowest BCUT2D eigenvalue weighted by molar-refractivity contribution is 0.176. The molecule has 0 amide bonds. The monoisotopic (exact) mass is 275 g/mol. The summed E-state index contributed by atoms with van der Waals surface area (Å²) >= 11 is 0. The van der Waals surface area contributed by atoms with Gasteiger partial charge in [0.15, 0.2) is 11.5 Å². The van der Waals surface area contributed by atoms with Crippen LogP contribution in [0.15, 0.2) is 12.1 Å². The first-order valence-corrected chi connectivity index (χ1v) is 6.91. The number of hydrogen-bond acceptors (Lipinski definition) is 5. The third-order valence-corrected chi connectivity index (χ3v) is 3.87. The van der Waals surface area contributed by atoms with E-state index in [0.29, 0.717) is 26.4 Å². The van der Waals surface area contributed by atoms with Gasteiger partial charge in [-0.25, -0.2) is 4.98 Å². The summed E-state index contributed by atoms with van der Waals surface area (Å²) in [4.78, 5) is 7.91. The van der Waals surface area contributed by atoms with Gasteiger partial charge in [0.25, 0.3) is 0 Å². The van der Waals surface area contributed by atoms with E-state index in [2.05, 4.69) is 9.97 Å². The van der Waals surface area contributed by atoms with Crippen molar-refractivity contribution in [3.63, 3.8) is 0 Å². The second-order valence-electron chi connectivity index (χ2n) is 5.41. The van der Waals surface area contributed by atoms with E-state index in [-0.39, 0.29) is 0 Å². The number of fused-ring (bicyclic) bond motifs is 2. The molecular weight excluding hydrogens is 258 g/mol. The van der Waals surface area contributed by atoms with Crippen LogP contribution in [0.2, 0.25) is 0 Å². The molecule has 3 N–H and O–H groups in total. The fraction of sp³-hybridized carbons (Fsp3) is 0.500. The highest BCUT2D eigenvalue weighted by Crippen LogP contribution is 2.35. The summed E-state index contributed by atoms with van der Waals surface area (Å²) in [5, 5.41) is 0. The number of aromatic nitrogens is 2. The Morgan fingerprint density at radius 1 is 1.15 bits per heavy atom. The Morgan fingerprint density at radius 2 is 1.95 bits per heavy atom. The molecule has 20 heavy (non-hydrogen) atoms. The number of ether oxygens (including phenoxy) is 3. The highest BCUT2D eigenvalue weighted by atomic mass is 16.5. The zero-order valence-corrected chi connectivity index (χ0v) is 11.1. The van der Waals surface area contributed by atoms with Crippen molar-refractivity contribution in [3.05, 3.63) is 18.0 Å². The van der Waals surface area contributed by atoms with Crippen molar-refractivity contribution in [1.82, 2.24) is 9.97 Å². The van der Waals surface area contributed by atoms with Crippen LogP contribution >= 0.6 is 0 Å². The van der Waals surface area contributed by atoms with Crippen LogP contribution in [0.3, 0.4) is 0 Å². The molecule has 106 valence electrons. The van der Waals surface area contributed by atoms with Gasteiger partial charge in [0.1, 0.15) is 11.4 Å². The zero-order chi connectivity index (χ0) is 13.6. The number of nitrogens with one attached hydrogen (secondary N) is 1. The minimum atomic E-state index is -0.516. The molecule has 1 atom stereocenters. The lowest BCUT2D eigenvalue weighted by Crippen LogP contribution is -2.38. The second-order valence-corrected chi connectivity index (χ2v) is 5.41. The summed E-state index contributed by atoms with van der Waals surface area (Å²) in [5.74, 6) is 2.28. The molecule has 6 heteroatoms. The van der Waals surface area contributed by atoms with Gasteiger partial charge in [-0.1, -0.05) is 0 Å². The molecule has 6 nitrogen and oxygen atoms in total. The summed E-state index contributed by atoms with van der Waals surface area (Å²) in [5.41, 5.74) is 7.59. The predicted molar refractivity (Wildman–Crippen MR) is 73.0 cm³/mol. The van der Waals surface area contributed by atoms with E-state index in [1.54, 1.807) is 0 Å². The van der Waals surface area contributed by atoms with Crippen LogP contribution < -0.4 is 15.2 Å². The highest BCUT2D eigenvalue weighted by Gasteiger charge is 2.35. The summed E-state index contributed by atoms with van der Waals surface area (Å²) in [6, 6.07) is 3.85. The molecule has 0 bridgehead atoms. The molecule has 2 aromatic rings. The second kappa shape index (κ2) is 4.36. The quantitative estimate of drug-likeness (QED) is 0.819. The largest absolute Gasteiger partial charge is 0.489 e. The van der Waals surface area contributed by atoms with Gasteiger partial charge in [0, 0.05) is 25.2 Å². The molecule has 2 aliphatic heterocycles. The van der Waals surface area contributed by atoms with Gasteiger partial charge >= 0.3 is 0 Å². The Kier molecular flexibility index (Phi) is 2.61. The van der Waals surface area contributed by atoms with E-state index < -0.39 is 5.54 Å². The average molecular weight is 275 g/mol. The first-order chi connectivity index (χ1) is 9.74. The van der Waals surface area contributed by atoms with Gasteiger partial charge in [0.05, 0.1) is 30.9 Å². The van der Waals surface area contributed by atoms with E-state index in [9.17, 15) is 0 Å². The van der Waals surface area contributed by atoms with Crippen LogP contribution in [-0.4, -0.2) is 36.4 Å². The Hall–Kier alpha value is -1.79. The van der Waals surface area contributed by atoms with Gasteiger partial charge in [-0.05, 0) is 6.42 Å². The van der Waals surface area contributed by atoms with Crippen LogP contribution in [0.1, 0.15) is 18.7 Å². The van der Waals surface area contributed by atoms with E-state index >= 15 is 0 Å². The van der Waals surface area contributed by atoms with Crippen molar-refractivity contribution in [1.29, 1.82) is 0 Å². The number of aromatic amines is 1. The van der Waals surface area contributed by atoms with Crippen molar-refractivity contribution >= 4 is 11.0 Å². The molecule has 1 unspecified atom stereocenters. The zero-order valence-electron chi connectivity index (χ0n) is 11.1. The predicted octanol–water partition coefficient (Wildman–Crippen LogP) is 1.30. The summed E-state index contributed by atoms with van der Waals surface area (Å²) in [7, 11) is 0. The Labute approximate surface area is 116 Å². The van der Waals surface area contributed by atoms with E-state index in [1.165, 1.54) is 0 Å². The maximum atomic E-state index is 6.34. The molecule has 0 radical (unpaired) electrons. The van der Waals surface area contributed by atoms with Crippen LogP contribution in [-0.2, 0) is 10.3 Å². The fourth-order valence-electron chi connectivity index (χ4n) is 2.67. The minimum absolute atomic E-state index is 0.500. The Balaban J connectivity index is 1.80. The van der Waals surface area contributed by atoms with E-state index in [4.69, 9.17) is 19.9 Å². The fourth-order valence-corrected chi connectivity index (χ4v) is 2.67. The van der Waals surface area contributed by atoms with E-state index in [0.717, 1.165) is 41.2 Å². The van der Waals surface area contributed by atoms with Crippen LogP contribution in [0, 0.1) is 0 Å². The van der Waals surface area contributed by atoms with Crippen molar-refractivity contribution in [2.75, 3.05) is 26.4 Å². The normalized spacial score (nSPS) is 25.9. The Morgan fingerprint density at radius 3 is 2.70 bits per heavy atom. The number of imidazole rings is 1. The maximum Gasteiger partial charge on any atom is 0.163 e. The molecule has 1 aromatic carbocycles. The number of H-pyrrole nitrogens is 1. The maximum absolute atomic E-state index is 6.34. The number of nitrogens with two attached hydrogens (primary N) is 1. The lowest BCUT2D eigenvalue weighted by atomic mass is 10.00.